The van der Waals surface area contributed by atoms with Crippen LogP contribution in [0.2, 0.25) is 0 Å². The van der Waals surface area contributed by atoms with Gasteiger partial charge in [-0.3, -0.25) is 4.79 Å². The van der Waals surface area contributed by atoms with Crippen molar-refractivity contribution in [2.24, 2.45) is 0 Å². The number of carbonyl (C=O) groups is 2. The van der Waals surface area contributed by atoms with Crippen molar-refractivity contribution < 1.29 is 23.6 Å². The second-order valence-electron chi connectivity index (χ2n) is 10.6. The highest BCUT2D eigenvalue weighted by atomic mass is 16.6. The summed E-state index contributed by atoms with van der Waals surface area (Å²) in [6.07, 6.45) is 22.3. The maximum atomic E-state index is 12.7. The summed E-state index contributed by atoms with van der Waals surface area (Å²) in [7, 11) is 0. The van der Waals surface area contributed by atoms with Gasteiger partial charge in [-0.05, 0) is 26.2 Å². The summed E-state index contributed by atoms with van der Waals surface area (Å²) in [5.74, 6) is -0.316. The molecule has 1 aliphatic rings. The normalized spacial score (nSPS) is 17.2. The fourth-order valence-electron chi connectivity index (χ4n) is 5.18. The van der Waals surface area contributed by atoms with Crippen LogP contribution in [0.1, 0.15) is 129 Å². The molecule has 2 heterocycles. The summed E-state index contributed by atoms with van der Waals surface area (Å²) in [5, 5.41) is 0. The lowest BCUT2D eigenvalue weighted by Gasteiger charge is -2.19. The van der Waals surface area contributed by atoms with Crippen molar-refractivity contribution in [3.8, 4) is 0 Å². The van der Waals surface area contributed by atoms with Crippen LogP contribution in [-0.4, -0.2) is 35.7 Å². The molecule has 0 N–H and O–H groups in total. The van der Waals surface area contributed by atoms with Gasteiger partial charge in [0, 0.05) is 19.1 Å². The van der Waals surface area contributed by atoms with Crippen LogP contribution in [0.15, 0.2) is 24.4 Å². The Morgan fingerprint density at radius 1 is 0.892 bits per heavy atom. The number of hydrogen-bond donors (Lipinski definition) is 0. The van der Waals surface area contributed by atoms with E-state index in [1.54, 1.807) is 0 Å². The molecule has 0 radical (unpaired) electrons. The van der Waals surface area contributed by atoms with Crippen molar-refractivity contribution in [1.82, 2.24) is 4.90 Å². The Balaban J connectivity index is 1.53. The van der Waals surface area contributed by atoms with Crippen LogP contribution in [-0.2, 0) is 27.4 Å². The molecule has 0 bridgehead atoms. The SMILES string of the molecule is CCCCCCCCCCCCCCC[C@H]1CC[C@@H](COC(=O)N(Cc2cccc[n+]2CC)C(C)=O)O1. The lowest BCUT2D eigenvalue weighted by atomic mass is 10.0. The number of aryl methyl sites for hydroxylation is 1. The van der Waals surface area contributed by atoms with Gasteiger partial charge in [-0.25, -0.2) is 14.3 Å². The van der Waals surface area contributed by atoms with Crippen LogP contribution in [0.4, 0.5) is 4.79 Å². The average molecular weight is 518 g/mol. The van der Waals surface area contributed by atoms with Gasteiger partial charge >= 0.3 is 6.09 Å². The number of ether oxygens (including phenoxy) is 2. The quantitative estimate of drug-likeness (QED) is 0.141. The predicted octanol–water partition coefficient (Wildman–Crippen LogP) is 7.51. The Hall–Kier alpha value is -1.95. The molecule has 2 atom stereocenters. The van der Waals surface area contributed by atoms with E-state index in [9.17, 15) is 9.59 Å². The van der Waals surface area contributed by atoms with Crippen molar-refractivity contribution in [2.75, 3.05) is 6.61 Å². The molecule has 1 aliphatic heterocycles. The van der Waals surface area contributed by atoms with Crippen LogP contribution in [0.5, 0.6) is 0 Å². The third-order valence-electron chi connectivity index (χ3n) is 7.51. The van der Waals surface area contributed by atoms with Crippen molar-refractivity contribution in [3.05, 3.63) is 30.1 Å². The lowest BCUT2D eigenvalue weighted by Crippen LogP contribution is -2.43. The van der Waals surface area contributed by atoms with Crippen molar-refractivity contribution in [2.45, 2.75) is 149 Å². The Kier molecular flexibility index (Phi) is 16.2. The van der Waals surface area contributed by atoms with E-state index in [4.69, 9.17) is 9.47 Å². The minimum atomic E-state index is -0.595. The zero-order valence-corrected chi connectivity index (χ0v) is 23.9. The maximum absolute atomic E-state index is 12.7. The highest BCUT2D eigenvalue weighted by molar-refractivity contribution is 5.90. The van der Waals surface area contributed by atoms with Gasteiger partial charge in [-0.2, -0.15) is 0 Å². The minimum Gasteiger partial charge on any atom is -0.446 e. The van der Waals surface area contributed by atoms with E-state index < -0.39 is 6.09 Å². The summed E-state index contributed by atoms with van der Waals surface area (Å²) in [4.78, 5) is 25.9. The second kappa shape index (κ2) is 19.2. The molecule has 1 fully saturated rings. The van der Waals surface area contributed by atoms with Gasteiger partial charge in [0.1, 0.15) is 19.7 Å². The van der Waals surface area contributed by atoms with Crippen LogP contribution in [0.25, 0.3) is 0 Å². The van der Waals surface area contributed by atoms with E-state index >= 15 is 0 Å². The minimum absolute atomic E-state index is 0.0676. The number of imide groups is 1. The molecule has 0 aromatic carbocycles. The first-order chi connectivity index (χ1) is 18.0. The van der Waals surface area contributed by atoms with Crippen LogP contribution < -0.4 is 4.57 Å². The Labute approximate surface area is 226 Å². The maximum Gasteiger partial charge on any atom is 0.417 e. The lowest BCUT2D eigenvalue weighted by molar-refractivity contribution is -0.701. The largest absolute Gasteiger partial charge is 0.446 e. The van der Waals surface area contributed by atoms with E-state index in [0.29, 0.717) is 0 Å². The van der Waals surface area contributed by atoms with Crippen molar-refractivity contribution in [1.29, 1.82) is 0 Å². The predicted molar refractivity (Wildman–Crippen MR) is 148 cm³/mol. The van der Waals surface area contributed by atoms with Crippen LogP contribution in [0, 0.1) is 0 Å². The monoisotopic (exact) mass is 517 g/mol. The summed E-state index contributed by atoms with van der Waals surface area (Å²) in [6.45, 7) is 6.89. The van der Waals surface area contributed by atoms with Gasteiger partial charge in [0.05, 0.1) is 12.2 Å². The fraction of sp³-hybridized carbons (Fsp3) is 0.774. The molecular weight excluding hydrogens is 464 g/mol. The standard InChI is InChI=1S/C31H53N2O4/c1-4-6-7-8-9-10-11-12-13-14-15-16-17-21-29-22-23-30(37-29)26-36-31(35)33(27(3)34)25-28-20-18-19-24-32(28)5-2/h18-20,24,29-30H,4-17,21-23,25-26H2,1-3H3/q+1/t29-,30-/m0/s1. The van der Waals surface area contributed by atoms with Gasteiger partial charge in [-0.15, -0.1) is 0 Å². The molecule has 2 rings (SSSR count). The molecule has 6 nitrogen and oxygen atoms in total. The van der Waals surface area contributed by atoms with Crippen LogP contribution >= 0.6 is 0 Å². The first-order valence-corrected chi connectivity index (χ1v) is 15.1. The summed E-state index contributed by atoms with van der Waals surface area (Å²) >= 11 is 0. The number of pyridine rings is 1. The molecule has 1 saturated heterocycles. The fourth-order valence-corrected chi connectivity index (χ4v) is 5.18. The molecule has 210 valence electrons. The van der Waals surface area contributed by atoms with Gasteiger partial charge in [0.15, 0.2) is 6.20 Å². The highest BCUT2D eigenvalue weighted by Gasteiger charge is 2.28. The van der Waals surface area contributed by atoms with E-state index in [0.717, 1.165) is 31.5 Å². The van der Waals surface area contributed by atoms with Crippen LogP contribution in [0.3, 0.4) is 0 Å². The number of unbranched alkanes of at least 4 members (excludes halogenated alkanes) is 12. The number of aromatic nitrogens is 1. The first-order valence-electron chi connectivity index (χ1n) is 15.1. The number of carbonyl (C=O) groups excluding carboxylic acids is 2. The Morgan fingerprint density at radius 3 is 2.08 bits per heavy atom. The van der Waals surface area contributed by atoms with E-state index in [2.05, 4.69) is 6.92 Å². The smallest absolute Gasteiger partial charge is 0.417 e. The number of nitrogens with zero attached hydrogens (tertiary/aromatic N) is 2. The molecule has 37 heavy (non-hydrogen) atoms. The zero-order chi connectivity index (χ0) is 26.7. The van der Waals surface area contributed by atoms with Gasteiger partial charge in [-0.1, -0.05) is 96.5 Å². The van der Waals surface area contributed by atoms with E-state index in [1.807, 2.05) is 35.9 Å². The number of hydrogen-bond acceptors (Lipinski definition) is 4. The molecule has 0 spiro atoms. The third kappa shape index (κ3) is 12.9. The molecule has 0 saturated carbocycles. The molecule has 1 aromatic rings. The summed E-state index contributed by atoms with van der Waals surface area (Å²) in [5.41, 5.74) is 0.895. The topological polar surface area (TPSA) is 59.7 Å². The summed E-state index contributed by atoms with van der Waals surface area (Å²) in [6, 6.07) is 5.78. The Bertz CT molecular complexity index is 769. The molecule has 1 aromatic heterocycles. The zero-order valence-electron chi connectivity index (χ0n) is 23.9. The molecule has 6 heteroatoms. The Morgan fingerprint density at radius 2 is 1.49 bits per heavy atom. The van der Waals surface area contributed by atoms with Gasteiger partial charge in [0.25, 0.3) is 0 Å². The molecule has 0 unspecified atom stereocenters. The first kappa shape index (κ1) is 31.3. The highest BCUT2D eigenvalue weighted by Crippen LogP contribution is 2.25. The summed E-state index contributed by atoms with van der Waals surface area (Å²) < 4.78 is 13.6. The number of amides is 2. The third-order valence-corrected chi connectivity index (χ3v) is 7.51. The molecule has 0 aliphatic carbocycles. The van der Waals surface area contributed by atoms with Gasteiger partial charge in [0.2, 0.25) is 11.6 Å². The number of rotatable bonds is 19. The second-order valence-corrected chi connectivity index (χ2v) is 10.6. The molecular formula is C31H53N2O4+. The van der Waals surface area contributed by atoms with Crippen molar-refractivity contribution in [3.63, 3.8) is 0 Å². The van der Waals surface area contributed by atoms with E-state index in [1.165, 1.54) is 95.3 Å². The van der Waals surface area contributed by atoms with E-state index in [-0.39, 0.29) is 31.3 Å². The molecule has 2 amide bonds. The average Bonchev–Trinajstić information content (AvgIpc) is 3.36. The van der Waals surface area contributed by atoms with Crippen molar-refractivity contribution >= 4 is 12.0 Å². The van der Waals surface area contributed by atoms with Gasteiger partial charge < -0.3 is 9.47 Å².